The van der Waals surface area contributed by atoms with E-state index in [0.29, 0.717) is 34.4 Å². The average Bonchev–Trinajstić information content (AvgIpc) is 2.99. The lowest BCUT2D eigenvalue weighted by atomic mass is 9.86. The molecule has 2 unspecified atom stereocenters. The van der Waals surface area contributed by atoms with Gasteiger partial charge < -0.3 is 10.2 Å². The third-order valence-electron chi connectivity index (χ3n) is 5.05. The summed E-state index contributed by atoms with van der Waals surface area (Å²) in [4.78, 5) is 0.314. The summed E-state index contributed by atoms with van der Waals surface area (Å²) < 4.78 is 33.5. The summed E-state index contributed by atoms with van der Waals surface area (Å²) in [5, 5.41) is 0. The van der Waals surface area contributed by atoms with Crippen molar-refractivity contribution in [1.82, 2.24) is 4.31 Å². The largest absolute Gasteiger partial charge is 0.465 e. The first-order chi connectivity index (χ1) is 9.96. The summed E-state index contributed by atoms with van der Waals surface area (Å²) in [6, 6.07) is 0.170. The van der Waals surface area contributed by atoms with Gasteiger partial charge in [0.2, 0.25) is 10.0 Å². The molecule has 1 aromatic heterocycles. The van der Waals surface area contributed by atoms with E-state index in [1.54, 1.807) is 18.2 Å². The Morgan fingerprint density at radius 1 is 1.19 bits per heavy atom. The third-order valence-corrected chi connectivity index (χ3v) is 7.18. The van der Waals surface area contributed by atoms with Gasteiger partial charge in [-0.15, -0.1) is 0 Å². The lowest BCUT2D eigenvalue weighted by Crippen LogP contribution is -2.39. The molecule has 118 valence electrons. The molecule has 21 heavy (non-hydrogen) atoms. The van der Waals surface area contributed by atoms with Crippen LogP contribution in [0.2, 0.25) is 0 Å². The van der Waals surface area contributed by atoms with Crippen molar-refractivity contribution >= 4 is 10.0 Å². The van der Waals surface area contributed by atoms with E-state index in [0.717, 1.165) is 25.7 Å². The highest BCUT2D eigenvalue weighted by molar-refractivity contribution is 7.89. The summed E-state index contributed by atoms with van der Waals surface area (Å²) in [6.45, 7) is 4.32. The highest BCUT2D eigenvalue weighted by Gasteiger charge is 2.44. The van der Waals surface area contributed by atoms with Gasteiger partial charge in [-0.3, -0.25) is 0 Å². The Balaban J connectivity index is 2.01. The average molecular weight is 312 g/mol. The molecule has 2 aliphatic rings. The molecule has 2 N–H and O–H groups in total. The van der Waals surface area contributed by atoms with Crippen LogP contribution in [0.5, 0.6) is 0 Å². The predicted octanol–water partition coefficient (Wildman–Crippen LogP) is 2.31. The Morgan fingerprint density at radius 2 is 1.90 bits per heavy atom. The van der Waals surface area contributed by atoms with Crippen molar-refractivity contribution in [3.8, 4) is 0 Å². The molecule has 0 bridgehead atoms. The molecule has 0 aromatic carbocycles. The van der Waals surface area contributed by atoms with Crippen LogP contribution in [0.3, 0.4) is 0 Å². The van der Waals surface area contributed by atoms with Gasteiger partial charge in [-0.05, 0) is 39.0 Å². The van der Waals surface area contributed by atoms with Gasteiger partial charge >= 0.3 is 0 Å². The molecular weight excluding hydrogens is 288 g/mol. The number of furan rings is 1. The molecule has 1 saturated heterocycles. The van der Waals surface area contributed by atoms with Gasteiger partial charge in [0.1, 0.15) is 16.4 Å². The second kappa shape index (κ2) is 5.41. The first kappa shape index (κ1) is 15.1. The van der Waals surface area contributed by atoms with Crippen LogP contribution in [0, 0.1) is 19.8 Å². The minimum atomic E-state index is -3.50. The maximum atomic E-state index is 13.1. The zero-order chi connectivity index (χ0) is 15.2. The normalized spacial score (nSPS) is 27.0. The van der Waals surface area contributed by atoms with Crippen molar-refractivity contribution in [2.75, 3.05) is 6.54 Å². The van der Waals surface area contributed by atoms with E-state index in [-0.39, 0.29) is 12.6 Å². The first-order valence-electron chi connectivity index (χ1n) is 7.77. The summed E-state index contributed by atoms with van der Waals surface area (Å²) in [7, 11) is -3.50. The van der Waals surface area contributed by atoms with Crippen LogP contribution in [-0.4, -0.2) is 25.3 Å². The smallest absolute Gasteiger partial charge is 0.247 e. The molecule has 0 amide bonds. The molecule has 0 radical (unpaired) electrons. The van der Waals surface area contributed by atoms with Gasteiger partial charge in [0.05, 0.1) is 0 Å². The second-order valence-electron chi connectivity index (χ2n) is 6.24. The summed E-state index contributed by atoms with van der Waals surface area (Å²) in [5.74, 6) is 1.61. The fourth-order valence-electron chi connectivity index (χ4n) is 4.06. The van der Waals surface area contributed by atoms with Gasteiger partial charge in [0, 0.05) is 24.7 Å². The van der Waals surface area contributed by atoms with Crippen LogP contribution < -0.4 is 5.73 Å². The molecular formula is C15H24N2O3S. The Morgan fingerprint density at radius 3 is 2.62 bits per heavy atom. The van der Waals surface area contributed by atoms with Crippen molar-refractivity contribution in [3.05, 3.63) is 17.1 Å². The van der Waals surface area contributed by atoms with E-state index < -0.39 is 10.0 Å². The quantitative estimate of drug-likeness (QED) is 0.929. The molecule has 2 atom stereocenters. The number of aryl methyl sites for hydroxylation is 2. The Labute approximate surface area is 126 Å². The van der Waals surface area contributed by atoms with Crippen LogP contribution in [0.25, 0.3) is 0 Å². The predicted molar refractivity (Wildman–Crippen MR) is 80.3 cm³/mol. The number of nitrogens with two attached hydrogens (primary N) is 1. The highest BCUT2D eigenvalue weighted by atomic mass is 32.2. The van der Waals surface area contributed by atoms with E-state index in [1.807, 2.05) is 0 Å². The van der Waals surface area contributed by atoms with Gasteiger partial charge in [0.25, 0.3) is 0 Å². The van der Waals surface area contributed by atoms with Crippen LogP contribution in [0.4, 0.5) is 0 Å². The Kier molecular flexibility index (Phi) is 3.88. The lowest BCUT2D eigenvalue weighted by molar-refractivity contribution is 0.260. The fourth-order valence-corrected chi connectivity index (χ4v) is 6.22. The molecule has 2 fully saturated rings. The van der Waals surface area contributed by atoms with Crippen molar-refractivity contribution in [1.29, 1.82) is 0 Å². The van der Waals surface area contributed by atoms with E-state index in [1.165, 1.54) is 6.42 Å². The van der Waals surface area contributed by atoms with Crippen molar-refractivity contribution in [3.63, 3.8) is 0 Å². The standard InChI is InChI=1S/C15H24N2O3S/c1-10-13(9-16)15(11(2)20-10)21(18,19)17-8-7-12-5-3-4-6-14(12)17/h12,14H,3-9,16H2,1-2H3. The maximum Gasteiger partial charge on any atom is 0.247 e. The Hall–Kier alpha value is -0.850. The van der Waals surface area contributed by atoms with E-state index >= 15 is 0 Å². The number of rotatable bonds is 3. The topological polar surface area (TPSA) is 76.5 Å². The number of sulfonamides is 1. The molecule has 5 nitrogen and oxygen atoms in total. The molecule has 1 aromatic rings. The van der Waals surface area contributed by atoms with Crippen LogP contribution in [0.1, 0.15) is 49.2 Å². The van der Waals surface area contributed by atoms with Crippen molar-refractivity contribution < 1.29 is 12.8 Å². The van der Waals surface area contributed by atoms with Crippen LogP contribution in [0.15, 0.2) is 9.31 Å². The molecule has 2 heterocycles. The summed E-state index contributed by atoms with van der Waals surface area (Å²) in [5.41, 5.74) is 6.38. The van der Waals surface area contributed by atoms with Gasteiger partial charge in [0.15, 0.2) is 0 Å². The minimum Gasteiger partial charge on any atom is -0.465 e. The van der Waals surface area contributed by atoms with E-state index in [9.17, 15) is 8.42 Å². The molecule has 1 aliphatic heterocycles. The lowest BCUT2D eigenvalue weighted by Gasteiger charge is -2.31. The monoisotopic (exact) mass is 312 g/mol. The van der Waals surface area contributed by atoms with E-state index in [2.05, 4.69) is 0 Å². The third kappa shape index (κ3) is 2.33. The number of nitrogens with zero attached hydrogens (tertiary/aromatic N) is 1. The molecule has 6 heteroatoms. The van der Waals surface area contributed by atoms with E-state index in [4.69, 9.17) is 10.2 Å². The minimum absolute atomic E-state index is 0.170. The SMILES string of the molecule is Cc1oc(C)c(S(=O)(=O)N2CCC3CCCCC32)c1CN. The van der Waals surface area contributed by atoms with Crippen LogP contribution >= 0.6 is 0 Å². The zero-order valence-corrected chi connectivity index (χ0v) is 13.6. The zero-order valence-electron chi connectivity index (χ0n) is 12.8. The molecule has 0 spiro atoms. The molecule has 1 aliphatic carbocycles. The van der Waals surface area contributed by atoms with Gasteiger partial charge in [-0.25, -0.2) is 8.42 Å². The summed E-state index contributed by atoms with van der Waals surface area (Å²) in [6.07, 6.45) is 5.48. The maximum absolute atomic E-state index is 13.1. The number of hydrogen-bond acceptors (Lipinski definition) is 4. The number of fused-ring (bicyclic) bond motifs is 1. The van der Waals surface area contributed by atoms with Gasteiger partial charge in [-0.1, -0.05) is 12.8 Å². The second-order valence-corrected chi connectivity index (χ2v) is 8.07. The Bertz CT molecular complexity index is 636. The molecule has 3 rings (SSSR count). The first-order valence-corrected chi connectivity index (χ1v) is 9.21. The van der Waals surface area contributed by atoms with Crippen LogP contribution in [-0.2, 0) is 16.6 Å². The van der Waals surface area contributed by atoms with Gasteiger partial charge in [-0.2, -0.15) is 4.31 Å². The fraction of sp³-hybridized carbons (Fsp3) is 0.733. The van der Waals surface area contributed by atoms with Crippen molar-refractivity contribution in [2.24, 2.45) is 11.7 Å². The summed E-state index contributed by atoms with van der Waals surface area (Å²) >= 11 is 0. The number of hydrogen-bond donors (Lipinski definition) is 1. The van der Waals surface area contributed by atoms with Crippen molar-refractivity contribution in [2.45, 2.75) is 63.4 Å². The highest BCUT2D eigenvalue weighted by Crippen LogP contribution is 2.40. The molecule has 1 saturated carbocycles.